The predicted octanol–water partition coefficient (Wildman–Crippen LogP) is 1.19. The van der Waals surface area contributed by atoms with Crippen LogP contribution >= 0.6 is 0 Å². The summed E-state index contributed by atoms with van der Waals surface area (Å²) in [4.78, 5) is 10.7. The van der Waals surface area contributed by atoms with Crippen molar-refractivity contribution >= 4 is 5.97 Å². The molecule has 1 heterocycles. The zero-order valence-electron chi connectivity index (χ0n) is 8.45. The number of fused-ring (bicyclic) bond motifs is 1. The van der Waals surface area contributed by atoms with Crippen LogP contribution < -0.4 is 14.2 Å². The number of benzene rings is 1. The van der Waals surface area contributed by atoms with E-state index in [-0.39, 0.29) is 36.0 Å². The van der Waals surface area contributed by atoms with Crippen LogP contribution in [0.3, 0.4) is 0 Å². The Bertz CT molecular complexity index is 440. The Morgan fingerprint density at radius 3 is 3.00 bits per heavy atom. The molecule has 1 aromatic carbocycles. The molecule has 0 saturated heterocycles. The molecule has 0 unspecified atom stereocenters. The molecule has 0 amide bonds. The molecular formula is C10H9FO5. The van der Waals surface area contributed by atoms with Crippen molar-refractivity contribution in [3.05, 3.63) is 17.4 Å². The highest BCUT2D eigenvalue weighted by atomic mass is 19.1. The summed E-state index contributed by atoms with van der Waals surface area (Å²) in [6.07, 6.45) is -0.382. The van der Waals surface area contributed by atoms with E-state index < -0.39 is 11.8 Å². The minimum Gasteiger partial charge on any atom is -0.493 e. The Labute approximate surface area is 90.3 Å². The first-order valence-corrected chi connectivity index (χ1v) is 4.50. The van der Waals surface area contributed by atoms with Crippen LogP contribution in [0, 0.1) is 5.82 Å². The third-order valence-electron chi connectivity index (χ3n) is 2.20. The molecule has 1 aliphatic rings. The SMILES string of the molecule is COc1c(F)cc2c(c1CC(=O)O)OCO2. The lowest BCUT2D eigenvalue weighted by Crippen LogP contribution is -2.05. The molecule has 2 rings (SSSR count). The van der Waals surface area contributed by atoms with Crippen LogP contribution in [0.15, 0.2) is 6.07 Å². The van der Waals surface area contributed by atoms with Gasteiger partial charge in [0.15, 0.2) is 23.1 Å². The highest BCUT2D eigenvalue weighted by Gasteiger charge is 2.26. The summed E-state index contributed by atoms with van der Waals surface area (Å²) in [7, 11) is 1.27. The first-order chi connectivity index (χ1) is 7.63. The van der Waals surface area contributed by atoms with Crippen molar-refractivity contribution in [2.45, 2.75) is 6.42 Å². The fraction of sp³-hybridized carbons (Fsp3) is 0.300. The van der Waals surface area contributed by atoms with E-state index in [0.717, 1.165) is 6.07 Å². The van der Waals surface area contributed by atoms with Crippen LogP contribution in [0.4, 0.5) is 4.39 Å². The van der Waals surface area contributed by atoms with E-state index >= 15 is 0 Å². The van der Waals surface area contributed by atoms with Gasteiger partial charge in [0.25, 0.3) is 0 Å². The van der Waals surface area contributed by atoms with Crippen molar-refractivity contribution in [2.24, 2.45) is 0 Å². The Balaban J connectivity index is 2.56. The van der Waals surface area contributed by atoms with Crippen molar-refractivity contribution in [3.8, 4) is 17.2 Å². The molecule has 6 heteroatoms. The van der Waals surface area contributed by atoms with Crippen LogP contribution in [-0.2, 0) is 11.2 Å². The Morgan fingerprint density at radius 1 is 1.62 bits per heavy atom. The normalized spacial score (nSPS) is 12.6. The molecule has 5 nitrogen and oxygen atoms in total. The molecule has 0 saturated carbocycles. The number of halogens is 1. The zero-order chi connectivity index (χ0) is 11.7. The first kappa shape index (κ1) is 10.5. The smallest absolute Gasteiger partial charge is 0.308 e. The van der Waals surface area contributed by atoms with Crippen LogP contribution in [0.2, 0.25) is 0 Å². The average Bonchev–Trinajstić information content (AvgIpc) is 2.64. The Kier molecular flexibility index (Phi) is 2.55. The summed E-state index contributed by atoms with van der Waals surface area (Å²) in [6, 6.07) is 1.12. The zero-order valence-corrected chi connectivity index (χ0v) is 8.45. The van der Waals surface area contributed by atoms with E-state index in [1.165, 1.54) is 7.11 Å². The van der Waals surface area contributed by atoms with Gasteiger partial charge in [-0.25, -0.2) is 4.39 Å². The average molecular weight is 228 g/mol. The molecule has 0 aromatic heterocycles. The summed E-state index contributed by atoms with van der Waals surface area (Å²) in [6.45, 7) is -0.0471. The minimum absolute atomic E-state index is 0.0471. The quantitative estimate of drug-likeness (QED) is 0.841. The maximum Gasteiger partial charge on any atom is 0.308 e. The van der Waals surface area contributed by atoms with Gasteiger partial charge in [0.2, 0.25) is 6.79 Å². The lowest BCUT2D eigenvalue weighted by atomic mass is 10.1. The molecule has 0 fully saturated rings. The highest BCUT2D eigenvalue weighted by molar-refractivity contribution is 5.74. The summed E-state index contributed by atoms with van der Waals surface area (Å²) in [5.41, 5.74) is 0.155. The lowest BCUT2D eigenvalue weighted by molar-refractivity contribution is -0.136. The van der Waals surface area contributed by atoms with E-state index in [2.05, 4.69) is 0 Å². The van der Waals surface area contributed by atoms with Gasteiger partial charge in [-0.1, -0.05) is 0 Å². The second kappa shape index (κ2) is 3.88. The summed E-state index contributed by atoms with van der Waals surface area (Å²) >= 11 is 0. The van der Waals surface area contributed by atoms with Crippen LogP contribution in [0.1, 0.15) is 5.56 Å². The van der Waals surface area contributed by atoms with Crippen molar-refractivity contribution in [3.63, 3.8) is 0 Å². The number of carboxylic acid groups (broad SMARTS) is 1. The molecular weight excluding hydrogens is 219 g/mol. The Hall–Kier alpha value is -1.98. The van der Waals surface area contributed by atoms with E-state index in [0.29, 0.717) is 0 Å². The maximum absolute atomic E-state index is 13.5. The van der Waals surface area contributed by atoms with Gasteiger partial charge < -0.3 is 19.3 Å². The minimum atomic E-state index is -1.10. The van der Waals surface area contributed by atoms with Crippen LogP contribution in [-0.4, -0.2) is 25.0 Å². The number of hydrogen-bond acceptors (Lipinski definition) is 4. The van der Waals surface area contributed by atoms with Gasteiger partial charge in [-0.15, -0.1) is 0 Å². The molecule has 1 N–H and O–H groups in total. The molecule has 16 heavy (non-hydrogen) atoms. The maximum atomic E-state index is 13.5. The predicted molar refractivity (Wildman–Crippen MR) is 50.4 cm³/mol. The molecule has 0 spiro atoms. The number of hydrogen-bond donors (Lipinski definition) is 1. The molecule has 1 aliphatic heterocycles. The van der Waals surface area contributed by atoms with Gasteiger partial charge in [0.1, 0.15) is 0 Å². The summed E-state index contributed by atoms with van der Waals surface area (Å²) in [5, 5.41) is 8.73. The lowest BCUT2D eigenvalue weighted by Gasteiger charge is -2.10. The second-order valence-corrected chi connectivity index (χ2v) is 3.17. The molecule has 0 atom stereocenters. The first-order valence-electron chi connectivity index (χ1n) is 4.50. The van der Waals surface area contributed by atoms with Crippen molar-refractivity contribution in [1.29, 1.82) is 0 Å². The van der Waals surface area contributed by atoms with Crippen molar-refractivity contribution in [1.82, 2.24) is 0 Å². The molecule has 1 aromatic rings. The van der Waals surface area contributed by atoms with Gasteiger partial charge in [0, 0.05) is 6.07 Å². The van der Waals surface area contributed by atoms with Gasteiger partial charge in [-0.2, -0.15) is 0 Å². The number of aliphatic carboxylic acids is 1. The Morgan fingerprint density at radius 2 is 2.38 bits per heavy atom. The van der Waals surface area contributed by atoms with E-state index in [4.69, 9.17) is 19.3 Å². The second-order valence-electron chi connectivity index (χ2n) is 3.17. The summed E-state index contributed by atoms with van der Waals surface area (Å²) in [5.74, 6) is -1.44. The number of ether oxygens (including phenoxy) is 3. The molecule has 0 radical (unpaired) electrons. The fourth-order valence-corrected chi connectivity index (χ4v) is 1.59. The van der Waals surface area contributed by atoms with E-state index in [1.807, 2.05) is 0 Å². The fourth-order valence-electron chi connectivity index (χ4n) is 1.59. The van der Waals surface area contributed by atoms with E-state index in [1.54, 1.807) is 0 Å². The third kappa shape index (κ3) is 1.62. The number of carboxylic acids is 1. The monoisotopic (exact) mass is 228 g/mol. The molecule has 86 valence electrons. The molecule has 0 aliphatic carbocycles. The third-order valence-corrected chi connectivity index (χ3v) is 2.20. The van der Waals surface area contributed by atoms with E-state index in [9.17, 15) is 9.18 Å². The van der Waals surface area contributed by atoms with Crippen molar-refractivity contribution in [2.75, 3.05) is 13.9 Å². The van der Waals surface area contributed by atoms with Gasteiger partial charge in [0.05, 0.1) is 19.1 Å². The van der Waals surface area contributed by atoms with Crippen LogP contribution in [0.5, 0.6) is 17.2 Å². The van der Waals surface area contributed by atoms with Crippen molar-refractivity contribution < 1.29 is 28.5 Å². The highest BCUT2D eigenvalue weighted by Crippen LogP contribution is 2.42. The van der Waals surface area contributed by atoms with Gasteiger partial charge in [-0.3, -0.25) is 4.79 Å². The number of rotatable bonds is 3. The number of carbonyl (C=O) groups is 1. The van der Waals surface area contributed by atoms with Crippen LogP contribution in [0.25, 0.3) is 0 Å². The standard InChI is InChI=1S/C10H9FO5/c1-14-9-5(2-8(12)13)10-7(3-6(9)11)15-4-16-10/h3H,2,4H2,1H3,(H,12,13). The van der Waals surface area contributed by atoms with Gasteiger partial charge >= 0.3 is 5.97 Å². The number of methoxy groups -OCH3 is 1. The van der Waals surface area contributed by atoms with Gasteiger partial charge in [-0.05, 0) is 0 Å². The summed E-state index contributed by atoms with van der Waals surface area (Å²) < 4.78 is 28.4. The largest absolute Gasteiger partial charge is 0.493 e. The topological polar surface area (TPSA) is 65.0 Å². The molecule has 0 bridgehead atoms.